The van der Waals surface area contributed by atoms with Crippen LogP contribution in [-0.2, 0) is 0 Å². The number of nitrogens with one attached hydrogen (secondary N) is 1. The van der Waals surface area contributed by atoms with Crippen LogP contribution < -0.4 is 5.32 Å². The van der Waals surface area contributed by atoms with Gasteiger partial charge in [-0.2, -0.15) is 0 Å². The van der Waals surface area contributed by atoms with Crippen molar-refractivity contribution in [1.82, 2.24) is 15.0 Å². The Hall–Kier alpha value is -2.33. The minimum Gasteiger partial charge on any atom is -0.377 e. The standard InChI is InChI=1S/C16H15ClN4/c1-12(13-5-4-6-14(17)11-13)19-15-7-2-3-8-16(15)21-10-9-18-20-21/h2-12,19H,1H3. The van der Waals surface area contributed by atoms with Gasteiger partial charge in [0.05, 0.1) is 23.8 Å². The van der Waals surface area contributed by atoms with Crippen LogP contribution in [0.4, 0.5) is 5.69 Å². The predicted octanol–water partition coefficient (Wildman–Crippen LogP) is 4.09. The van der Waals surface area contributed by atoms with Gasteiger partial charge in [0, 0.05) is 11.1 Å². The Bertz CT molecular complexity index is 725. The molecule has 5 heteroatoms. The first-order chi connectivity index (χ1) is 10.2. The molecule has 0 aliphatic heterocycles. The average Bonchev–Trinajstić information content (AvgIpc) is 3.02. The summed E-state index contributed by atoms with van der Waals surface area (Å²) in [6, 6.07) is 16.0. The molecule has 3 aromatic rings. The van der Waals surface area contributed by atoms with E-state index in [9.17, 15) is 0 Å². The second kappa shape index (κ2) is 5.97. The molecule has 3 rings (SSSR count). The van der Waals surface area contributed by atoms with E-state index >= 15 is 0 Å². The van der Waals surface area contributed by atoms with E-state index in [0.717, 1.165) is 22.0 Å². The van der Waals surface area contributed by atoms with Gasteiger partial charge in [-0.3, -0.25) is 0 Å². The fraction of sp³-hybridized carbons (Fsp3) is 0.125. The van der Waals surface area contributed by atoms with Crippen molar-refractivity contribution < 1.29 is 0 Å². The maximum Gasteiger partial charge on any atom is 0.0894 e. The van der Waals surface area contributed by atoms with E-state index in [1.54, 1.807) is 10.9 Å². The van der Waals surface area contributed by atoms with Gasteiger partial charge in [-0.05, 0) is 36.8 Å². The normalized spacial score (nSPS) is 12.1. The minimum absolute atomic E-state index is 0.133. The van der Waals surface area contributed by atoms with Crippen molar-refractivity contribution in [3.63, 3.8) is 0 Å². The molecular formula is C16H15ClN4. The van der Waals surface area contributed by atoms with E-state index < -0.39 is 0 Å². The van der Waals surface area contributed by atoms with E-state index in [1.165, 1.54) is 0 Å². The van der Waals surface area contributed by atoms with Gasteiger partial charge >= 0.3 is 0 Å². The largest absolute Gasteiger partial charge is 0.377 e. The van der Waals surface area contributed by atoms with Crippen molar-refractivity contribution in [2.24, 2.45) is 0 Å². The topological polar surface area (TPSA) is 42.7 Å². The molecule has 106 valence electrons. The molecule has 2 aromatic carbocycles. The number of benzene rings is 2. The summed E-state index contributed by atoms with van der Waals surface area (Å²) in [6.07, 6.45) is 3.49. The highest BCUT2D eigenvalue weighted by atomic mass is 35.5. The maximum atomic E-state index is 6.05. The number of hydrogen-bond donors (Lipinski definition) is 1. The van der Waals surface area contributed by atoms with Crippen LogP contribution in [0.5, 0.6) is 0 Å². The minimum atomic E-state index is 0.133. The molecule has 1 unspecified atom stereocenters. The first-order valence-corrected chi connectivity index (χ1v) is 7.09. The smallest absolute Gasteiger partial charge is 0.0894 e. The molecule has 21 heavy (non-hydrogen) atoms. The second-order valence-electron chi connectivity index (χ2n) is 4.79. The van der Waals surface area contributed by atoms with E-state index in [1.807, 2.05) is 48.7 Å². The van der Waals surface area contributed by atoms with Crippen LogP contribution in [0.3, 0.4) is 0 Å². The summed E-state index contributed by atoms with van der Waals surface area (Å²) >= 11 is 6.05. The average molecular weight is 299 g/mol. The Morgan fingerprint density at radius 2 is 2.00 bits per heavy atom. The summed E-state index contributed by atoms with van der Waals surface area (Å²) in [7, 11) is 0. The zero-order chi connectivity index (χ0) is 14.7. The molecule has 0 aliphatic rings. The quantitative estimate of drug-likeness (QED) is 0.789. The molecule has 0 fully saturated rings. The van der Waals surface area contributed by atoms with Crippen LogP contribution >= 0.6 is 11.6 Å². The first kappa shape index (κ1) is 13.6. The van der Waals surface area contributed by atoms with Crippen LogP contribution in [-0.4, -0.2) is 15.0 Å². The third-order valence-electron chi connectivity index (χ3n) is 3.29. The van der Waals surface area contributed by atoms with Gasteiger partial charge in [-0.15, -0.1) is 5.10 Å². The van der Waals surface area contributed by atoms with E-state index in [0.29, 0.717) is 0 Å². The van der Waals surface area contributed by atoms with Gasteiger partial charge in [0.25, 0.3) is 0 Å². The lowest BCUT2D eigenvalue weighted by Gasteiger charge is -2.18. The Morgan fingerprint density at radius 1 is 1.14 bits per heavy atom. The lowest BCUT2D eigenvalue weighted by molar-refractivity contribution is 0.798. The SMILES string of the molecule is CC(Nc1ccccc1-n1ccnn1)c1cccc(Cl)c1. The molecule has 1 aromatic heterocycles. The lowest BCUT2D eigenvalue weighted by Crippen LogP contribution is -2.09. The van der Waals surface area contributed by atoms with E-state index in [-0.39, 0.29) is 6.04 Å². The molecule has 0 saturated heterocycles. The number of rotatable bonds is 4. The summed E-state index contributed by atoms with van der Waals surface area (Å²) in [4.78, 5) is 0. The molecule has 0 aliphatic carbocycles. The van der Waals surface area contributed by atoms with Crippen LogP contribution in [0.2, 0.25) is 5.02 Å². The number of para-hydroxylation sites is 2. The zero-order valence-corrected chi connectivity index (χ0v) is 12.3. The van der Waals surface area contributed by atoms with Gasteiger partial charge in [0.2, 0.25) is 0 Å². The molecule has 1 atom stereocenters. The maximum absolute atomic E-state index is 6.05. The summed E-state index contributed by atoms with van der Waals surface area (Å²) in [6.45, 7) is 2.10. The number of aromatic nitrogens is 3. The molecule has 1 N–H and O–H groups in total. The molecular weight excluding hydrogens is 284 g/mol. The molecule has 1 heterocycles. The third kappa shape index (κ3) is 3.06. The van der Waals surface area contributed by atoms with Crippen LogP contribution in [0, 0.1) is 0 Å². The van der Waals surface area contributed by atoms with Gasteiger partial charge in [-0.1, -0.05) is 41.1 Å². The van der Waals surface area contributed by atoms with Gasteiger partial charge < -0.3 is 5.32 Å². The van der Waals surface area contributed by atoms with Crippen molar-refractivity contribution in [1.29, 1.82) is 0 Å². The summed E-state index contributed by atoms with van der Waals surface area (Å²) in [5.41, 5.74) is 3.09. The van der Waals surface area contributed by atoms with Crippen molar-refractivity contribution in [2.75, 3.05) is 5.32 Å². The van der Waals surface area contributed by atoms with Crippen molar-refractivity contribution in [3.8, 4) is 5.69 Å². The van der Waals surface area contributed by atoms with Crippen molar-refractivity contribution in [3.05, 3.63) is 71.5 Å². The Labute approximate surface area is 128 Å². The summed E-state index contributed by atoms with van der Waals surface area (Å²) in [5.74, 6) is 0. The van der Waals surface area contributed by atoms with Crippen LogP contribution in [0.1, 0.15) is 18.5 Å². The van der Waals surface area contributed by atoms with Gasteiger partial charge in [0.15, 0.2) is 0 Å². The highest BCUT2D eigenvalue weighted by Gasteiger charge is 2.10. The fourth-order valence-corrected chi connectivity index (χ4v) is 2.42. The number of halogens is 1. The first-order valence-electron chi connectivity index (χ1n) is 6.72. The molecule has 0 spiro atoms. The van der Waals surface area contributed by atoms with E-state index in [2.05, 4.69) is 28.6 Å². The number of nitrogens with zero attached hydrogens (tertiary/aromatic N) is 3. The van der Waals surface area contributed by atoms with Gasteiger partial charge in [-0.25, -0.2) is 4.68 Å². The van der Waals surface area contributed by atoms with Crippen molar-refractivity contribution in [2.45, 2.75) is 13.0 Å². The fourth-order valence-electron chi connectivity index (χ4n) is 2.22. The zero-order valence-electron chi connectivity index (χ0n) is 11.6. The highest BCUT2D eigenvalue weighted by Crippen LogP contribution is 2.25. The Kier molecular flexibility index (Phi) is 3.88. The Balaban J connectivity index is 1.88. The highest BCUT2D eigenvalue weighted by molar-refractivity contribution is 6.30. The molecule has 0 saturated carbocycles. The monoisotopic (exact) mass is 298 g/mol. The van der Waals surface area contributed by atoms with Crippen LogP contribution in [0.25, 0.3) is 5.69 Å². The number of anilines is 1. The number of hydrogen-bond acceptors (Lipinski definition) is 3. The second-order valence-corrected chi connectivity index (χ2v) is 5.22. The Morgan fingerprint density at radius 3 is 2.76 bits per heavy atom. The molecule has 0 radical (unpaired) electrons. The summed E-state index contributed by atoms with van der Waals surface area (Å²) in [5, 5.41) is 12.1. The molecule has 0 amide bonds. The molecule has 4 nitrogen and oxygen atoms in total. The lowest BCUT2D eigenvalue weighted by atomic mass is 10.1. The van der Waals surface area contributed by atoms with Crippen molar-refractivity contribution >= 4 is 17.3 Å². The van der Waals surface area contributed by atoms with E-state index in [4.69, 9.17) is 11.6 Å². The third-order valence-corrected chi connectivity index (χ3v) is 3.53. The summed E-state index contributed by atoms with van der Waals surface area (Å²) < 4.78 is 1.74. The van der Waals surface area contributed by atoms with Gasteiger partial charge in [0.1, 0.15) is 0 Å². The molecule has 0 bridgehead atoms. The predicted molar refractivity (Wildman–Crippen MR) is 84.8 cm³/mol. The van der Waals surface area contributed by atoms with Crippen LogP contribution in [0.15, 0.2) is 60.9 Å².